The van der Waals surface area contributed by atoms with Crippen LogP contribution < -0.4 is 5.73 Å². The van der Waals surface area contributed by atoms with Gasteiger partial charge in [-0.1, -0.05) is 0 Å². The van der Waals surface area contributed by atoms with Crippen LogP contribution in [0.3, 0.4) is 0 Å². The van der Waals surface area contributed by atoms with Crippen LogP contribution in [-0.2, 0) is 6.42 Å². The second-order valence-corrected chi connectivity index (χ2v) is 5.75. The number of thiazole rings is 1. The maximum absolute atomic E-state index is 13.2. The number of nitrogens with two attached hydrogens (primary N) is 1. The van der Waals surface area contributed by atoms with Gasteiger partial charge in [0.1, 0.15) is 5.82 Å². The van der Waals surface area contributed by atoms with Gasteiger partial charge in [-0.05, 0) is 31.5 Å². The first-order valence-corrected chi connectivity index (χ1v) is 7.10. The lowest BCUT2D eigenvalue weighted by Crippen LogP contribution is -1.91. The highest BCUT2D eigenvalue weighted by atomic mass is 32.2. The van der Waals surface area contributed by atoms with Gasteiger partial charge in [-0.2, -0.15) is 0 Å². The Morgan fingerprint density at radius 2 is 2.29 bits per heavy atom. The number of nitrogen functional groups attached to an aromatic ring is 1. The molecule has 1 aromatic heterocycles. The first-order chi connectivity index (χ1) is 8.16. The third-order valence-corrected chi connectivity index (χ3v) is 4.41. The Balaban J connectivity index is 1.90. The molecule has 17 heavy (non-hydrogen) atoms. The van der Waals surface area contributed by atoms with Gasteiger partial charge in [-0.15, -0.1) is 23.1 Å². The maximum Gasteiger partial charge on any atom is 0.147 e. The number of aryl methyl sites for hydroxylation is 2. The van der Waals surface area contributed by atoms with Crippen molar-refractivity contribution in [3.63, 3.8) is 0 Å². The van der Waals surface area contributed by atoms with E-state index in [0.717, 1.165) is 22.8 Å². The summed E-state index contributed by atoms with van der Waals surface area (Å²) >= 11 is 3.31. The van der Waals surface area contributed by atoms with Crippen LogP contribution in [-0.4, -0.2) is 10.7 Å². The maximum atomic E-state index is 13.2. The average molecular weight is 268 g/mol. The molecule has 0 radical (unpaired) electrons. The molecule has 0 unspecified atom stereocenters. The average Bonchev–Trinajstić information content (AvgIpc) is 2.70. The summed E-state index contributed by atoms with van der Waals surface area (Å²) in [6.45, 7) is 2.01. The van der Waals surface area contributed by atoms with Crippen molar-refractivity contribution in [1.29, 1.82) is 0 Å². The number of benzene rings is 1. The molecule has 0 amide bonds. The minimum absolute atomic E-state index is 0.202. The summed E-state index contributed by atoms with van der Waals surface area (Å²) in [5, 5.41) is 0. The van der Waals surface area contributed by atoms with Crippen LogP contribution in [0.1, 0.15) is 10.6 Å². The predicted molar refractivity (Wildman–Crippen MR) is 72.1 cm³/mol. The number of thioether (sulfide) groups is 1. The molecule has 0 aliphatic heterocycles. The summed E-state index contributed by atoms with van der Waals surface area (Å²) in [5.41, 5.74) is 8.58. The number of aromatic nitrogens is 1. The fourth-order valence-corrected chi connectivity index (χ4v) is 3.23. The fourth-order valence-electron chi connectivity index (χ4n) is 1.43. The fraction of sp³-hybridized carbons (Fsp3) is 0.250. The lowest BCUT2D eigenvalue weighted by Gasteiger charge is -2.03. The molecule has 90 valence electrons. The van der Waals surface area contributed by atoms with E-state index in [4.69, 9.17) is 5.73 Å². The zero-order chi connectivity index (χ0) is 12.3. The highest BCUT2D eigenvalue weighted by Gasteiger charge is 2.03. The van der Waals surface area contributed by atoms with Gasteiger partial charge in [-0.3, -0.25) is 0 Å². The van der Waals surface area contributed by atoms with Crippen LogP contribution >= 0.6 is 23.1 Å². The number of anilines is 1. The van der Waals surface area contributed by atoms with E-state index in [0.29, 0.717) is 0 Å². The Morgan fingerprint density at radius 3 is 2.94 bits per heavy atom. The van der Waals surface area contributed by atoms with Gasteiger partial charge < -0.3 is 5.73 Å². The smallest absolute Gasteiger partial charge is 0.147 e. The second kappa shape index (κ2) is 5.51. The molecule has 1 heterocycles. The molecule has 5 heteroatoms. The van der Waals surface area contributed by atoms with Gasteiger partial charge >= 0.3 is 0 Å². The molecule has 0 saturated heterocycles. The van der Waals surface area contributed by atoms with Crippen LogP contribution in [0.4, 0.5) is 10.1 Å². The Hall–Kier alpha value is -1.07. The van der Waals surface area contributed by atoms with Crippen LogP contribution in [0.15, 0.2) is 28.6 Å². The van der Waals surface area contributed by atoms with Gasteiger partial charge in [0, 0.05) is 15.5 Å². The molecule has 2 rings (SSSR count). The van der Waals surface area contributed by atoms with E-state index in [2.05, 4.69) is 4.98 Å². The molecule has 0 aliphatic rings. The molecule has 0 aliphatic carbocycles. The number of halogens is 1. The SMILES string of the molecule is Cc1ncsc1CCSc1ccc(N)c(F)c1. The molecule has 1 aromatic carbocycles. The monoisotopic (exact) mass is 268 g/mol. The largest absolute Gasteiger partial charge is 0.396 e. The van der Waals surface area contributed by atoms with Crippen molar-refractivity contribution >= 4 is 28.8 Å². The van der Waals surface area contributed by atoms with Crippen LogP contribution in [0.2, 0.25) is 0 Å². The Kier molecular flexibility index (Phi) is 4.02. The van der Waals surface area contributed by atoms with E-state index >= 15 is 0 Å². The molecule has 2 nitrogen and oxygen atoms in total. The van der Waals surface area contributed by atoms with Gasteiger partial charge in [0.05, 0.1) is 16.9 Å². The van der Waals surface area contributed by atoms with E-state index in [1.54, 1.807) is 29.2 Å². The van der Waals surface area contributed by atoms with Gasteiger partial charge in [0.25, 0.3) is 0 Å². The summed E-state index contributed by atoms with van der Waals surface area (Å²) in [6.07, 6.45) is 0.965. The Morgan fingerprint density at radius 1 is 1.47 bits per heavy atom. The normalized spacial score (nSPS) is 10.7. The standard InChI is InChI=1S/C12H13FN2S2/c1-8-12(17-7-15-8)4-5-16-9-2-3-11(14)10(13)6-9/h2-3,6-7H,4-5,14H2,1H3. The highest BCUT2D eigenvalue weighted by molar-refractivity contribution is 7.99. The molecule has 0 spiro atoms. The van der Waals surface area contributed by atoms with E-state index < -0.39 is 0 Å². The third kappa shape index (κ3) is 3.20. The van der Waals surface area contributed by atoms with Gasteiger partial charge in [0.15, 0.2) is 0 Å². The van der Waals surface area contributed by atoms with E-state index in [-0.39, 0.29) is 11.5 Å². The van der Waals surface area contributed by atoms with Crippen molar-refractivity contribution in [2.24, 2.45) is 0 Å². The van der Waals surface area contributed by atoms with Crippen LogP contribution in [0.25, 0.3) is 0 Å². The second-order valence-electron chi connectivity index (χ2n) is 3.64. The summed E-state index contributed by atoms with van der Waals surface area (Å²) < 4.78 is 13.2. The number of hydrogen-bond acceptors (Lipinski definition) is 4. The van der Waals surface area contributed by atoms with Crippen molar-refractivity contribution in [2.45, 2.75) is 18.2 Å². The molecule has 0 fully saturated rings. The quantitative estimate of drug-likeness (QED) is 0.681. The first-order valence-electron chi connectivity index (χ1n) is 5.23. The predicted octanol–water partition coefficient (Wildman–Crippen LogP) is 3.51. The summed E-state index contributed by atoms with van der Waals surface area (Å²) in [7, 11) is 0. The molecule has 0 atom stereocenters. The minimum Gasteiger partial charge on any atom is -0.396 e. The first kappa shape index (κ1) is 12.4. The highest BCUT2D eigenvalue weighted by Crippen LogP contribution is 2.24. The third-order valence-electron chi connectivity index (χ3n) is 2.41. The molecule has 0 saturated carbocycles. The summed E-state index contributed by atoms with van der Waals surface area (Å²) in [6, 6.07) is 4.94. The van der Waals surface area contributed by atoms with E-state index in [9.17, 15) is 4.39 Å². The van der Waals surface area contributed by atoms with Crippen molar-refractivity contribution in [3.05, 3.63) is 40.1 Å². The Bertz CT molecular complexity index is 511. The number of rotatable bonds is 4. The van der Waals surface area contributed by atoms with E-state index in [1.807, 2.05) is 18.5 Å². The number of nitrogens with zero attached hydrogens (tertiary/aromatic N) is 1. The zero-order valence-corrected chi connectivity index (χ0v) is 11.1. The Labute approximate surface area is 108 Å². The molecule has 2 N–H and O–H groups in total. The van der Waals surface area contributed by atoms with Crippen molar-refractivity contribution < 1.29 is 4.39 Å². The summed E-state index contributed by atoms with van der Waals surface area (Å²) in [5.74, 6) is 0.579. The van der Waals surface area contributed by atoms with Gasteiger partial charge in [-0.25, -0.2) is 9.37 Å². The van der Waals surface area contributed by atoms with Crippen LogP contribution in [0, 0.1) is 12.7 Å². The summed E-state index contributed by atoms with van der Waals surface area (Å²) in [4.78, 5) is 6.42. The van der Waals surface area contributed by atoms with Crippen molar-refractivity contribution in [3.8, 4) is 0 Å². The van der Waals surface area contributed by atoms with Crippen molar-refractivity contribution in [2.75, 3.05) is 11.5 Å². The molecule has 0 bridgehead atoms. The van der Waals surface area contributed by atoms with Crippen LogP contribution in [0.5, 0.6) is 0 Å². The lowest BCUT2D eigenvalue weighted by molar-refractivity contribution is 0.629. The lowest BCUT2D eigenvalue weighted by atomic mass is 10.3. The molecular formula is C12H13FN2S2. The van der Waals surface area contributed by atoms with Crippen molar-refractivity contribution in [1.82, 2.24) is 4.98 Å². The minimum atomic E-state index is -0.344. The molecule has 2 aromatic rings. The number of hydrogen-bond donors (Lipinski definition) is 1. The van der Waals surface area contributed by atoms with E-state index in [1.165, 1.54) is 10.9 Å². The zero-order valence-electron chi connectivity index (χ0n) is 9.44. The topological polar surface area (TPSA) is 38.9 Å². The molecular weight excluding hydrogens is 255 g/mol. The van der Waals surface area contributed by atoms with Gasteiger partial charge in [0.2, 0.25) is 0 Å².